The van der Waals surface area contributed by atoms with Crippen molar-refractivity contribution < 1.29 is 5.11 Å². The van der Waals surface area contributed by atoms with Crippen molar-refractivity contribution in [2.24, 2.45) is 11.3 Å². The smallest absolute Gasteiger partial charge is 0.0777 e. The summed E-state index contributed by atoms with van der Waals surface area (Å²) < 4.78 is 0. The first-order valence-corrected chi connectivity index (χ1v) is 4.48. The lowest BCUT2D eigenvalue weighted by atomic mass is 9.85. The Labute approximate surface area is 74.8 Å². The summed E-state index contributed by atoms with van der Waals surface area (Å²) >= 11 is 0. The quantitative estimate of drug-likeness (QED) is 0.625. The van der Waals surface area contributed by atoms with Crippen LogP contribution in [0, 0.1) is 11.3 Å². The zero-order chi connectivity index (χ0) is 9.35. The molecule has 0 aromatic carbocycles. The van der Waals surface area contributed by atoms with Crippen LogP contribution in [0.25, 0.3) is 0 Å². The summed E-state index contributed by atoms with van der Waals surface area (Å²) in [5, 5.41) is 9.66. The van der Waals surface area contributed by atoms with Crippen molar-refractivity contribution in [1.29, 1.82) is 0 Å². The van der Waals surface area contributed by atoms with Crippen molar-refractivity contribution in [2.45, 2.75) is 33.3 Å². The number of allylic oxidation sites excluding steroid dienone is 2. The number of hydrogen-bond donors (Lipinski definition) is 1. The average Bonchev–Trinajstić information content (AvgIpc) is 2.25. The van der Waals surface area contributed by atoms with Gasteiger partial charge in [0.15, 0.2) is 0 Å². The zero-order valence-corrected chi connectivity index (χ0v) is 8.17. The van der Waals surface area contributed by atoms with Crippen LogP contribution in [-0.4, -0.2) is 11.2 Å². The second-order valence-corrected chi connectivity index (χ2v) is 4.38. The molecule has 0 saturated carbocycles. The molecule has 0 saturated heterocycles. The van der Waals surface area contributed by atoms with E-state index in [1.165, 1.54) is 5.57 Å². The summed E-state index contributed by atoms with van der Waals surface area (Å²) in [5.74, 6) is 0.404. The van der Waals surface area contributed by atoms with Crippen molar-refractivity contribution in [3.05, 3.63) is 24.3 Å². The summed E-state index contributed by atoms with van der Waals surface area (Å²) in [6, 6.07) is 0. The van der Waals surface area contributed by atoms with Crippen molar-refractivity contribution >= 4 is 0 Å². The van der Waals surface area contributed by atoms with Gasteiger partial charge in [-0.15, -0.1) is 6.58 Å². The van der Waals surface area contributed by atoms with Gasteiger partial charge >= 0.3 is 0 Å². The van der Waals surface area contributed by atoms with Gasteiger partial charge in [0.2, 0.25) is 0 Å². The predicted octanol–water partition coefficient (Wildman–Crippen LogP) is 2.53. The van der Waals surface area contributed by atoms with Gasteiger partial charge in [0.25, 0.3) is 0 Å². The highest BCUT2D eigenvalue weighted by Crippen LogP contribution is 2.39. The third kappa shape index (κ3) is 1.61. The van der Waals surface area contributed by atoms with Gasteiger partial charge < -0.3 is 5.11 Å². The van der Waals surface area contributed by atoms with E-state index in [-0.39, 0.29) is 11.5 Å². The maximum atomic E-state index is 9.66. The second-order valence-electron chi connectivity index (χ2n) is 4.38. The molecule has 0 amide bonds. The van der Waals surface area contributed by atoms with E-state index in [4.69, 9.17) is 0 Å². The van der Waals surface area contributed by atoms with Crippen LogP contribution in [0.2, 0.25) is 0 Å². The van der Waals surface area contributed by atoms with Crippen LogP contribution in [0.1, 0.15) is 27.2 Å². The molecule has 1 rings (SSSR count). The third-order valence-electron chi connectivity index (χ3n) is 2.77. The maximum Gasteiger partial charge on any atom is 0.0777 e. The van der Waals surface area contributed by atoms with Crippen LogP contribution in [0.15, 0.2) is 24.3 Å². The van der Waals surface area contributed by atoms with Crippen molar-refractivity contribution in [1.82, 2.24) is 0 Å². The van der Waals surface area contributed by atoms with Gasteiger partial charge in [0.05, 0.1) is 6.10 Å². The SMILES string of the molecule is C=CC(C)C1=CC(O)C(C)(C)C1. The normalized spacial score (nSPS) is 29.7. The summed E-state index contributed by atoms with van der Waals surface area (Å²) in [4.78, 5) is 0. The fraction of sp³-hybridized carbons (Fsp3) is 0.636. The van der Waals surface area contributed by atoms with Crippen molar-refractivity contribution in [3.8, 4) is 0 Å². The highest BCUT2D eigenvalue weighted by atomic mass is 16.3. The van der Waals surface area contributed by atoms with Crippen molar-refractivity contribution in [3.63, 3.8) is 0 Å². The molecule has 0 aromatic rings. The first kappa shape index (κ1) is 9.53. The van der Waals surface area contributed by atoms with Crippen LogP contribution >= 0.6 is 0 Å². The lowest BCUT2D eigenvalue weighted by Crippen LogP contribution is -2.22. The minimum Gasteiger partial charge on any atom is -0.388 e. The van der Waals surface area contributed by atoms with E-state index >= 15 is 0 Å². The molecule has 2 atom stereocenters. The largest absolute Gasteiger partial charge is 0.388 e. The summed E-state index contributed by atoms with van der Waals surface area (Å²) in [7, 11) is 0. The first-order chi connectivity index (χ1) is 5.47. The Morgan fingerprint density at radius 1 is 1.75 bits per heavy atom. The van der Waals surface area contributed by atoms with Crippen molar-refractivity contribution in [2.75, 3.05) is 0 Å². The summed E-state index contributed by atoms with van der Waals surface area (Å²) in [5.41, 5.74) is 1.34. The van der Waals surface area contributed by atoms with Crippen LogP contribution < -0.4 is 0 Å². The van der Waals surface area contributed by atoms with E-state index in [2.05, 4.69) is 27.4 Å². The Balaban J connectivity index is 2.74. The molecule has 0 fully saturated rings. The monoisotopic (exact) mass is 166 g/mol. The molecule has 0 aliphatic heterocycles. The standard InChI is InChI=1S/C11H18O/c1-5-8(2)9-6-10(12)11(3,4)7-9/h5-6,8,10,12H,1,7H2,2-4H3. The first-order valence-electron chi connectivity index (χ1n) is 4.48. The molecule has 1 N–H and O–H groups in total. The molecule has 0 bridgehead atoms. The minimum absolute atomic E-state index is 0.0204. The summed E-state index contributed by atoms with van der Waals surface area (Å²) in [6.07, 6.45) is 4.61. The molecule has 68 valence electrons. The highest BCUT2D eigenvalue weighted by molar-refractivity contribution is 5.22. The minimum atomic E-state index is -0.283. The fourth-order valence-corrected chi connectivity index (χ4v) is 1.58. The Morgan fingerprint density at radius 3 is 2.67 bits per heavy atom. The molecule has 0 radical (unpaired) electrons. The van der Waals surface area contributed by atoms with E-state index < -0.39 is 0 Å². The van der Waals surface area contributed by atoms with E-state index in [1.807, 2.05) is 12.2 Å². The molecule has 1 aliphatic rings. The number of aliphatic hydroxyl groups excluding tert-OH is 1. The highest BCUT2D eigenvalue weighted by Gasteiger charge is 2.34. The predicted molar refractivity (Wildman–Crippen MR) is 51.8 cm³/mol. The third-order valence-corrected chi connectivity index (χ3v) is 2.77. The zero-order valence-electron chi connectivity index (χ0n) is 8.17. The molecule has 12 heavy (non-hydrogen) atoms. The van der Waals surface area contributed by atoms with Crippen LogP contribution in [0.5, 0.6) is 0 Å². The van der Waals surface area contributed by atoms with E-state index in [1.54, 1.807) is 0 Å². The topological polar surface area (TPSA) is 20.2 Å². The fourth-order valence-electron chi connectivity index (χ4n) is 1.58. The maximum absolute atomic E-state index is 9.66. The number of rotatable bonds is 2. The Hall–Kier alpha value is -0.560. The van der Waals surface area contributed by atoms with E-state index in [0.717, 1.165) is 6.42 Å². The lowest BCUT2D eigenvalue weighted by molar-refractivity contribution is 0.105. The van der Waals surface area contributed by atoms with Crippen LogP contribution in [0.4, 0.5) is 0 Å². The number of aliphatic hydroxyl groups is 1. The van der Waals surface area contributed by atoms with Crippen LogP contribution in [0.3, 0.4) is 0 Å². The van der Waals surface area contributed by atoms with Crippen LogP contribution in [-0.2, 0) is 0 Å². The van der Waals surface area contributed by atoms with Gasteiger partial charge in [0, 0.05) is 0 Å². The Bertz CT molecular complexity index is 213. The van der Waals surface area contributed by atoms with Gasteiger partial charge in [0.1, 0.15) is 0 Å². The molecule has 2 unspecified atom stereocenters. The number of hydrogen-bond acceptors (Lipinski definition) is 1. The van der Waals surface area contributed by atoms with Gasteiger partial charge in [-0.3, -0.25) is 0 Å². The summed E-state index contributed by atoms with van der Waals surface area (Å²) in [6.45, 7) is 10.1. The molecule has 1 heteroatoms. The molecule has 1 aliphatic carbocycles. The molecular weight excluding hydrogens is 148 g/mol. The van der Waals surface area contributed by atoms with E-state index in [9.17, 15) is 5.11 Å². The van der Waals surface area contributed by atoms with Gasteiger partial charge in [-0.1, -0.05) is 38.5 Å². The second kappa shape index (κ2) is 3.06. The Morgan fingerprint density at radius 2 is 2.33 bits per heavy atom. The Kier molecular flexibility index (Phi) is 2.43. The lowest BCUT2D eigenvalue weighted by Gasteiger charge is -2.22. The molecule has 0 heterocycles. The molecule has 1 nitrogen and oxygen atoms in total. The van der Waals surface area contributed by atoms with Gasteiger partial charge in [-0.25, -0.2) is 0 Å². The molecule has 0 aromatic heterocycles. The molecular formula is C11H18O. The molecule has 0 spiro atoms. The van der Waals surface area contributed by atoms with E-state index in [0.29, 0.717) is 5.92 Å². The average molecular weight is 166 g/mol. The van der Waals surface area contributed by atoms with Gasteiger partial charge in [-0.2, -0.15) is 0 Å². The van der Waals surface area contributed by atoms with Gasteiger partial charge in [-0.05, 0) is 17.8 Å².